The average molecular weight is 234 g/mol. The van der Waals surface area contributed by atoms with Crippen LogP contribution in [0.3, 0.4) is 0 Å². The van der Waals surface area contributed by atoms with E-state index in [1.54, 1.807) is 11.0 Å². The highest BCUT2D eigenvalue weighted by Gasteiger charge is 2.33. The lowest BCUT2D eigenvalue weighted by atomic mass is 10.1. The number of anilines is 1. The van der Waals surface area contributed by atoms with Gasteiger partial charge in [0.1, 0.15) is 4.99 Å². The van der Waals surface area contributed by atoms with Gasteiger partial charge < -0.3 is 5.73 Å². The van der Waals surface area contributed by atoms with E-state index in [4.69, 9.17) is 18.0 Å². The van der Waals surface area contributed by atoms with Crippen LogP contribution < -0.4 is 5.73 Å². The maximum absolute atomic E-state index is 12.1. The SMILES string of the molecule is CCCCN1C(=O)c2c(N)cccc2C1=S. The lowest BCUT2D eigenvalue weighted by molar-refractivity contribution is 0.0861. The van der Waals surface area contributed by atoms with Crippen LogP contribution in [0.5, 0.6) is 0 Å². The second kappa shape index (κ2) is 4.22. The standard InChI is InChI=1S/C12H14N2OS/c1-2-3-7-14-11(15)10-8(12(14)16)5-4-6-9(10)13/h4-6H,2-3,7,13H2,1H3. The maximum Gasteiger partial charge on any atom is 0.261 e. The number of nitrogens with zero attached hydrogens (tertiary/aromatic N) is 1. The molecule has 0 atom stereocenters. The van der Waals surface area contributed by atoms with E-state index in [9.17, 15) is 4.79 Å². The Labute approximate surface area is 100 Å². The molecular weight excluding hydrogens is 220 g/mol. The average Bonchev–Trinajstić information content (AvgIpc) is 2.51. The summed E-state index contributed by atoms with van der Waals surface area (Å²) in [7, 11) is 0. The molecule has 0 saturated carbocycles. The summed E-state index contributed by atoms with van der Waals surface area (Å²) in [6, 6.07) is 5.43. The van der Waals surface area contributed by atoms with Crippen molar-refractivity contribution in [2.45, 2.75) is 19.8 Å². The molecule has 1 heterocycles. The Hall–Kier alpha value is -1.42. The number of carbonyl (C=O) groups excluding carboxylic acids is 1. The largest absolute Gasteiger partial charge is 0.398 e. The van der Waals surface area contributed by atoms with Gasteiger partial charge in [-0.15, -0.1) is 0 Å². The highest BCUT2D eigenvalue weighted by Crippen LogP contribution is 2.28. The molecule has 0 radical (unpaired) electrons. The van der Waals surface area contributed by atoms with Crippen LogP contribution in [0.25, 0.3) is 0 Å². The van der Waals surface area contributed by atoms with Crippen molar-refractivity contribution in [1.29, 1.82) is 0 Å². The number of unbranched alkanes of at least 4 members (excludes halogenated alkanes) is 1. The number of fused-ring (bicyclic) bond motifs is 1. The van der Waals surface area contributed by atoms with Crippen LogP contribution in [-0.4, -0.2) is 22.3 Å². The zero-order valence-electron chi connectivity index (χ0n) is 9.19. The van der Waals surface area contributed by atoms with Gasteiger partial charge in [-0.3, -0.25) is 9.69 Å². The first-order chi connectivity index (χ1) is 7.66. The van der Waals surface area contributed by atoms with Crippen LogP contribution in [0.1, 0.15) is 35.7 Å². The van der Waals surface area contributed by atoms with Crippen molar-refractivity contribution >= 4 is 28.8 Å². The van der Waals surface area contributed by atoms with Crippen LogP contribution in [0, 0.1) is 0 Å². The van der Waals surface area contributed by atoms with Crippen molar-refractivity contribution in [3.05, 3.63) is 29.3 Å². The monoisotopic (exact) mass is 234 g/mol. The molecule has 0 bridgehead atoms. The van der Waals surface area contributed by atoms with E-state index >= 15 is 0 Å². The minimum atomic E-state index is -0.0495. The Morgan fingerprint density at radius 2 is 2.19 bits per heavy atom. The van der Waals surface area contributed by atoms with E-state index < -0.39 is 0 Å². The molecule has 4 heteroatoms. The lowest BCUT2D eigenvalue weighted by Crippen LogP contribution is -2.30. The summed E-state index contributed by atoms with van der Waals surface area (Å²) < 4.78 is 0. The smallest absolute Gasteiger partial charge is 0.261 e. The maximum atomic E-state index is 12.1. The van der Waals surface area contributed by atoms with Gasteiger partial charge in [-0.2, -0.15) is 0 Å². The molecule has 0 fully saturated rings. The summed E-state index contributed by atoms with van der Waals surface area (Å²) >= 11 is 5.29. The fraction of sp³-hybridized carbons (Fsp3) is 0.333. The van der Waals surface area contributed by atoms with E-state index in [0.717, 1.165) is 18.4 Å². The molecular formula is C12H14N2OS. The third-order valence-electron chi connectivity index (χ3n) is 2.77. The third kappa shape index (κ3) is 1.59. The highest BCUT2D eigenvalue weighted by atomic mass is 32.1. The van der Waals surface area contributed by atoms with Gasteiger partial charge in [-0.1, -0.05) is 37.7 Å². The van der Waals surface area contributed by atoms with Gasteiger partial charge >= 0.3 is 0 Å². The first kappa shape index (κ1) is 11.1. The molecule has 1 aromatic carbocycles. The zero-order chi connectivity index (χ0) is 11.7. The van der Waals surface area contributed by atoms with Gasteiger partial charge in [0.15, 0.2) is 0 Å². The van der Waals surface area contributed by atoms with Crippen molar-refractivity contribution < 1.29 is 4.79 Å². The van der Waals surface area contributed by atoms with Gasteiger partial charge in [0.25, 0.3) is 5.91 Å². The molecule has 0 saturated heterocycles. The lowest BCUT2D eigenvalue weighted by Gasteiger charge is -2.14. The molecule has 2 N–H and O–H groups in total. The molecule has 84 valence electrons. The summed E-state index contributed by atoms with van der Waals surface area (Å²) in [5, 5.41) is 0. The Kier molecular flexibility index (Phi) is 2.92. The number of rotatable bonds is 3. The second-order valence-corrected chi connectivity index (χ2v) is 4.27. The van der Waals surface area contributed by atoms with Gasteiger partial charge in [0.2, 0.25) is 0 Å². The highest BCUT2D eigenvalue weighted by molar-refractivity contribution is 7.80. The van der Waals surface area contributed by atoms with Gasteiger partial charge in [0.05, 0.1) is 5.56 Å². The van der Waals surface area contributed by atoms with Crippen molar-refractivity contribution in [3.63, 3.8) is 0 Å². The topological polar surface area (TPSA) is 46.3 Å². The number of thiocarbonyl (C=S) groups is 1. The quantitative estimate of drug-likeness (QED) is 0.644. The minimum Gasteiger partial charge on any atom is -0.398 e. The predicted octanol–water partition coefficient (Wildman–Crippen LogP) is 2.20. The summed E-state index contributed by atoms with van der Waals surface area (Å²) in [5.74, 6) is -0.0495. The first-order valence-electron chi connectivity index (χ1n) is 5.41. The fourth-order valence-electron chi connectivity index (χ4n) is 1.88. The number of nitrogens with two attached hydrogens (primary N) is 1. The Bertz CT molecular complexity index is 456. The summed E-state index contributed by atoms with van der Waals surface area (Å²) in [5.41, 5.74) is 7.70. The molecule has 16 heavy (non-hydrogen) atoms. The Morgan fingerprint density at radius 1 is 1.44 bits per heavy atom. The number of hydrogen-bond acceptors (Lipinski definition) is 3. The van der Waals surface area contributed by atoms with E-state index in [1.807, 2.05) is 12.1 Å². The first-order valence-corrected chi connectivity index (χ1v) is 5.82. The Morgan fingerprint density at radius 3 is 2.81 bits per heavy atom. The molecule has 1 aromatic rings. The molecule has 2 rings (SSSR count). The summed E-state index contributed by atoms with van der Waals surface area (Å²) in [4.78, 5) is 14.4. The van der Waals surface area contributed by atoms with Crippen molar-refractivity contribution in [3.8, 4) is 0 Å². The number of nitrogen functional groups attached to an aromatic ring is 1. The number of carbonyl (C=O) groups is 1. The van der Waals surface area contributed by atoms with Crippen LogP contribution in [0.2, 0.25) is 0 Å². The van der Waals surface area contributed by atoms with E-state index in [2.05, 4.69) is 6.92 Å². The molecule has 1 aliphatic rings. The summed E-state index contributed by atoms with van der Waals surface area (Å²) in [6.45, 7) is 2.77. The Balaban J connectivity index is 2.37. The molecule has 0 aromatic heterocycles. The molecule has 3 nitrogen and oxygen atoms in total. The third-order valence-corrected chi connectivity index (χ3v) is 3.21. The summed E-state index contributed by atoms with van der Waals surface area (Å²) in [6.07, 6.45) is 2.00. The normalized spacial score (nSPS) is 14.4. The molecule has 0 aliphatic carbocycles. The van der Waals surface area contributed by atoms with Crippen LogP contribution in [0.4, 0.5) is 5.69 Å². The van der Waals surface area contributed by atoms with Crippen molar-refractivity contribution in [2.24, 2.45) is 0 Å². The number of benzene rings is 1. The fourth-order valence-corrected chi connectivity index (χ4v) is 2.22. The predicted molar refractivity (Wildman–Crippen MR) is 68.5 cm³/mol. The van der Waals surface area contributed by atoms with Gasteiger partial charge in [-0.05, 0) is 12.5 Å². The van der Waals surface area contributed by atoms with E-state index in [0.29, 0.717) is 22.8 Å². The second-order valence-electron chi connectivity index (χ2n) is 3.89. The van der Waals surface area contributed by atoms with E-state index in [-0.39, 0.29) is 5.91 Å². The molecule has 0 unspecified atom stereocenters. The molecule has 0 spiro atoms. The van der Waals surface area contributed by atoms with Crippen LogP contribution in [0.15, 0.2) is 18.2 Å². The van der Waals surface area contributed by atoms with Gasteiger partial charge in [0, 0.05) is 17.8 Å². The number of hydrogen-bond donors (Lipinski definition) is 1. The molecule has 1 aliphatic heterocycles. The van der Waals surface area contributed by atoms with Crippen molar-refractivity contribution in [2.75, 3.05) is 12.3 Å². The minimum absolute atomic E-state index is 0.0495. The van der Waals surface area contributed by atoms with Crippen LogP contribution >= 0.6 is 12.2 Å². The van der Waals surface area contributed by atoms with Gasteiger partial charge in [-0.25, -0.2) is 0 Å². The van der Waals surface area contributed by atoms with Crippen LogP contribution in [-0.2, 0) is 0 Å². The van der Waals surface area contributed by atoms with Crippen molar-refractivity contribution in [1.82, 2.24) is 4.90 Å². The number of amides is 1. The zero-order valence-corrected chi connectivity index (χ0v) is 10.0. The van der Waals surface area contributed by atoms with E-state index in [1.165, 1.54) is 0 Å². The molecule has 1 amide bonds.